The van der Waals surface area contributed by atoms with Gasteiger partial charge in [-0.3, -0.25) is 0 Å². The minimum Gasteiger partial charge on any atom is -0.506 e. The molecule has 101 valence electrons. The fraction of sp³-hybridized carbons (Fsp3) is 0.250. The Bertz CT molecular complexity index is 769. The van der Waals surface area contributed by atoms with E-state index in [4.69, 9.17) is 0 Å². The summed E-state index contributed by atoms with van der Waals surface area (Å²) in [7, 11) is 0. The molecule has 0 aliphatic carbocycles. The molecule has 3 aromatic rings. The van der Waals surface area contributed by atoms with Gasteiger partial charge >= 0.3 is 0 Å². The highest BCUT2D eigenvalue weighted by molar-refractivity contribution is 5.75. The third kappa shape index (κ3) is 2.13. The number of rotatable bonds is 1. The molecule has 0 atom stereocenters. The first-order valence-corrected chi connectivity index (χ1v) is 6.52. The van der Waals surface area contributed by atoms with Gasteiger partial charge in [-0.2, -0.15) is 0 Å². The molecule has 0 saturated heterocycles. The van der Waals surface area contributed by atoms with E-state index in [1.165, 1.54) is 16.4 Å². The molecule has 0 spiro atoms. The summed E-state index contributed by atoms with van der Waals surface area (Å²) in [6, 6.07) is 13.9. The van der Waals surface area contributed by atoms with Gasteiger partial charge in [-0.05, 0) is 41.3 Å². The van der Waals surface area contributed by atoms with Crippen molar-refractivity contribution in [3.8, 4) is 11.4 Å². The van der Waals surface area contributed by atoms with Crippen molar-refractivity contribution in [3.63, 3.8) is 0 Å². The summed E-state index contributed by atoms with van der Waals surface area (Å²) < 4.78 is 0. The third-order valence-corrected chi connectivity index (χ3v) is 3.28. The van der Waals surface area contributed by atoms with Gasteiger partial charge in [-0.25, -0.2) is 0 Å². The molecule has 0 bridgehead atoms. The maximum atomic E-state index is 9.84. The average molecular weight is 266 g/mol. The SMILES string of the molecule is CC(C)(C)c1ccc2nn(-c3cc[c]cc3O)nc2c1. The Morgan fingerprint density at radius 1 is 1.10 bits per heavy atom. The second kappa shape index (κ2) is 4.34. The van der Waals surface area contributed by atoms with Crippen molar-refractivity contribution < 1.29 is 5.11 Å². The van der Waals surface area contributed by atoms with E-state index in [0.29, 0.717) is 5.69 Å². The number of nitrogens with zero attached hydrogens (tertiary/aromatic N) is 3. The molecule has 4 nitrogen and oxygen atoms in total. The van der Waals surface area contributed by atoms with Gasteiger partial charge in [0.05, 0.1) is 0 Å². The van der Waals surface area contributed by atoms with Crippen LogP contribution >= 0.6 is 0 Å². The molecule has 0 aliphatic rings. The molecule has 0 saturated carbocycles. The summed E-state index contributed by atoms with van der Waals surface area (Å²) in [6.45, 7) is 6.49. The molecule has 0 unspecified atom stereocenters. The van der Waals surface area contributed by atoms with Crippen molar-refractivity contribution in [2.75, 3.05) is 0 Å². The molecular formula is C16H16N3O. The quantitative estimate of drug-likeness (QED) is 0.735. The number of phenols is 1. The van der Waals surface area contributed by atoms with Crippen LogP contribution in [0.25, 0.3) is 16.7 Å². The van der Waals surface area contributed by atoms with Gasteiger partial charge in [-0.1, -0.05) is 32.9 Å². The van der Waals surface area contributed by atoms with E-state index in [9.17, 15) is 5.11 Å². The Morgan fingerprint density at radius 2 is 1.85 bits per heavy atom. The number of aromatic nitrogens is 3. The molecule has 1 heterocycles. The molecule has 0 aliphatic heterocycles. The van der Waals surface area contributed by atoms with E-state index in [1.54, 1.807) is 12.1 Å². The maximum absolute atomic E-state index is 9.84. The maximum Gasteiger partial charge on any atom is 0.143 e. The molecular weight excluding hydrogens is 250 g/mol. The van der Waals surface area contributed by atoms with E-state index >= 15 is 0 Å². The lowest BCUT2D eigenvalue weighted by molar-refractivity contribution is 0.467. The molecule has 3 rings (SSSR count). The topological polar surface area (TPSA) is 50.9 Å². The third-order valence-electron chi connectivity index (χ3n) is 3.28. The Kier molecular flexibility index (Phi) is 2.74. The highest BCUT2D eigenvalue weighted by atomic mass is 16.3. The van der Waals surface area contributed by atoms with Gasteiger partial charge in [0.25, 0.3) is 0 Å². The highest BCUT2D eigenvalue weighted by Crippen LogP contribution is 2.26. The zero-order valence-electron chi connectivity index (χ0n) is 11.8. The van der Waals surface area contributed by atoms with Crippen molar-refractivity contribution in [2.24, 2.45) is 0 Å². The van der Waals surface area contributed by atoms with Crippen molar-refractivity contribution >= 4 is 11.0 Å². The molecule has 1 radical (unpaired) electrons. The van der Waals surface area contributed by atoms with Crippen LogP contribution in [0.4, 0.5) is 0 Å². The van der Waals surface area contributed by atoms with E-state index in [2.05, 4.69) is 43.1 Å². The van der Waals surface area contributed by atoms with Gasteiger partial charge < -0.3 is 5.11 Å². The normalized spacial score (nSPS) is 11.9. The van der Waals surface area contributed by atoms with Crippen molar-refractivity contribution in [1.29, 1.82) is 0 Å². The number of hydrogen-bond donors (Lipinski definition) is 1. The van der Waals surface area contributed by atoms with Gasteiger partial charge in [-0.15, -0.1) is 15.0 Å². The van der Waals surface area contributed by atoms with Crippen LogP contribution in [0, 0.1) is 6.07 Å². The van der Waals surface area contributed by atoms with Crippen LogP contribution in [-0.2, 0) is 5.41 Å². The summed E-state index contributed by atoms with van der Waals surface area (Å²) >= 11 is 0. The fourth-order valence-corrected chi connectivity index (χ4v) is 2.07. The molecule has 20 heavy (non-hydrogen) atoms. The average Bonchev–Trinajstić information content (AvgIpc) is 2.80. The second-order valence-electron chi connectivity index (χ2n) is 5.86. The standard InChI is InChI=1S/C16H16N3O/c1-16(2,3)11-8-9-12-13(10-11)18-19(17-12)14-6-4-5-7-15(14)20/h4,6-10,20H,1-3H3. The first-order valence-electron chi connectivity index (χ1n) is 6.52. The van der Waals surface area contributed by atoms with Crippen LogP contribution in [0.15, 0.2) is 36.4 Å². The predicted octanol–water partition coefficient (Wildman–Crippen LogP) is 3.22. The van der Waals surface area contributed by atoms with Crippen LogP contribution in [0.2, 0.25) is 0 Å². The van der Waals surface area contributed by atoms with Crippen LogP contribution < -0.4 is 0 Å². The largest absolute Gasteiger partial charge is 0.506 e. The highest BCUT2D eigenvalue weighted by Gasteiger charge is 2.15. The lowest BCUT2D eigenvalue weighted by atomic mass is 9.87. The number of phenolic OH excluding ortho intramolecular Hbond substituents is 1. The summed E-state index contributed by atoms with van der Waals surface area (Å²) in [4.78, 5) is 1.46. The molecule has 1 aromatic heterocycles. The van der Waals surface area contributed by atoms with Gasteiger partial charge in [0, 0.05) is 0 Å². The lowest BCUT2D eigenvalue weighted by Crippen LogP contribution is -2.10. The van der Waals surface area contributed by atoms with Crippen molar-refractivity contribution in [3.05, 3.63) is 48.0 Å². The second-order valence-corrected chi connectivity index (χ2v) is 5.86. The first kappa shape index (κ1) is 12.7. The number of hydrogen-bond acceptors (Lipinski definition) is 3. The van der Waals surface area contributed by atoms with Gasteiger partial charge in [0.1, 0.15) is 22.5 Å². The number of benzene rings is 2. The minimum atomic E-state index is 0.0712. The monoisotopic (exact) mass is 266 g/mol. The summed E-state index contributed by atoms with van der Waals surface area (Å²) in [5.41, 5.74) is 3.47. The van der Waals surface area contributed by atoms with Gasteiger partial charge in [0.15, 0.2) is 0 Å². The van der Waals surface area contributed by atoms with Crippen LogP contribution in [0.3, 0.4) is 0 Å². The minimum absolute atomic E-state index is 0.0712. The molecule has 4 heteroatoms. The molecule has 0 fully saturated rings. The Labute approximate surface area is 117 Å². The van der Waals surface area contributed by atoms with Crippen molar-refractivity contribution in [1.82, 2.24) is 15.0 Å². The molecule has 0 amide bonds. The Morgan fingerprint density at radius 3 is 2.55 bits per heavy atom. The van der Waals surface area contributed by atoms with Gasteiger partial charge in [0.2, 0.25) is 0 Å². The predicted molar refractivity (Wildman–Crippen MR) is 78.1 cm³/mol. The first-order chi connectivity index (χ1) is 9.45. The Balaban J connectivity index is 2.14. The summed E-state index contributed by atoms with van der Waals surface area (Å²) in [6.07, 6.45) is 0. The van der Waals surface area contributed by atoms with Crippen LogP contribution in [0.1, 0.15) is 26.3 Å². The molecule has 2 aromatic carbocycles. The van der Waals surface area contributed by atoms with Crippen molar-refractivity contribution in [2.45, 2.75) is 26.2 Å². The Hall–Kier alpha value is -2.36. The zero-order valence-corrected chi connectivity index (χ0v) is 11.8. The smallest absolute Gasteiger partial charge is 0.143 e. The van der Waals surface area contributed by atoms with E-state index in [1.807, 2.05) is 12.1 Å². The summed E-state index contributed by atoms with van der Waals surface area (Å²) in [5.74, 6) is 0.115. The lowest BCUT2D eigenvalue weighted by Gasteiger charge is -2.18. The van der Waals surface area contributed by atoms with E-state index in [-0.39, 0.29) is 11.2 Å². The fourth-order valence-electron chi connectivity index (χ4n) is 2.07. The summed E-state index contributed by atoms with van der Waals surface area (Å²) in [5, 5.41) is 18.7. The van der Waals surface area contributed by atoms with E-state index in [0.717, 1.165) is 11.0 Å². The van der Waals surface area contributed by atoms with Crippen LogP contribution in [0.5, 0.6) is 5.75 Å². The van der Waals surface area contributed by atoms with Crippen LogP contribution in [-0.4, -0.2) is 20.1 Å². The molecule has 1 N–H and O–H groups in total. The zero-order chi connectivity index (χ0) is 14.3. The number of aromatic hydroxyl groups is 1. The number of fused-ring (bicyclic) bond motifs is 1. The van der Waals surface area contributed by atoms with E-state index < -0.39 is 0 Å².